The fourth-order valence-corrected chi connectivity index (χ4v) is 7.95. The van der Waals surface area contributed by atoms with E-state index >= 15 is 0 Å². The molecule has 0 saturated carbocycles. The van der Waals surface area contributed by atoms with Crippen LogP contribution in [-0.4, -0.2) is 33.8 Å². The van der Waals surface area contributed by atoms with Crippen LogP contribution in [0.1, 0.15) is 20.8 Å². The lowest BCUT2D eigenvalue weighted by atomic mass is 10.2. The third-order valence-corrected chi connectivity index (χ3v) is 9.51. The third-order valence-electron chi connectivity index (χ3n) is 4.50. The van der Waals surface area contributed by atoms with Gasteiger partial charge in [-0.05, 0) is 15.4 Å². The maximum absolute atomic E-state index is 11.3. The van der Waals surface area contributed by atoms with Crippen LogP contribution in [0.2, 0.25) is 5.04 Å². The standard InChI is InChI=1S/C20H24O4Si/c1-20(2,3)25(16-10-6-4-7-11-16,17-12-8-5-9-13-17)23-15-19-22-14-18(21)24-19/h4-13,19H,14-15H2,1-3H3. The molecule has 1 aliphatic rings. The molecule has 0 radical (unpaired) electrons. The molecule has 0 aliphatic carbocycles. The molecule has 1 saturated heterocycles. The van der Waals surface area contributed by atoms with Crippen molar-refractivity contribution in [3.63, 3.8) is 0 Å². The molecule has 2 aromatic rings. The highest BCUT2D eigenvalue weighted by molar-refractivity contribution is 6.99. The monoisotopic (exact) mass is 356 g/mol. The minimum absolute atomic E-state index is 0.00518. The van der Waals surface area contributed by atoms with Crippen molar-refractivity contribution in [2.75, 3.05) is 13.2 Å². The van der Waals surface area contributed by atoms with Gasteiger partial charge >= 0.3 is 5.97 Å². The lowest BCUT2D eigenvalue weighted by Gasteiger charge is -2.43. The molecule has 1 atom stereocenters. The van der Waals surface area contributed by atoms with Gasteiger partial charge < -0.3 is 13.9 Å². The predicted octanol–water partition coefficient (Wildman–Crippen LogP) is 2.46. The van der Waals surface area contributed by atoms with Gasteiger partial charge in [-0.2, -0.15) is 0 Å². The molecule has 0 aromatic heterocycles. The number of carbonyl (C=O) groups is 1. The summed E-state index contributed by atoms with van der Waals surface area (Å²) < 4.78 is 17.2. The Morgan fingerprint density at radius 1 is 1.00 bits per heavy atom. The molecule has 2 aromatic carbocycles. The van der Waals surface area contributed by atoms with Gasteiger partial charge in [0, 0.05) is 0 Å². The van der Waals surface area contributed by atoms with Crippen LogP contribution in [0, 0.1) is 0 Å². The summed E-state index contributed by atoms with van der Waals surface area (Å²) in [4.78, 5) is 11.3. The molecule has 0 N–H and O–H groups in total. The molecule has 132 valence electrons. The van der Waals surface area contributed by atoms with E-state index in [2.05, 4.69) is 45.0 Å². The van der Waals surface area contributed by atoms with E-state index in [9.17, 15) is 4.79 Å². The Hall–Kier alpha value is -1.95. The molecule has 1 fully saturated rings. The second-order valence-corrected chi connectivity index (χ2v) is 11.5. The summed E-state index contributed by atoms with van der Waals surface area (Å²) in [6.45, 7) is 6.86. The Morgan fingerprint density at radius 3 is 1.92 bits per heavy atom. The first kappa shape index (κ1) is 17.9. The molecule has 0 bridgehead atoms. The molecule has 1 heterocycles. The zero-order valence-electron chi connectivity index (χ0n) is 14.9. The van der Waals surface area contributed by atoms with Crippen molar-refractivity contribution in [1.29, 1.82) is 0 Å². The number of benzene rings is 2. The maximum atomic E-state index is 11.3. The summed E-state index contributed by atoms with van der Waals surface area (Å²) in [6, 6.07) is 20.7. The molecule has 1 unspecified atom stereocenters. The van der Waals surface area contributed by atoms with Crippen molar-refractivity contribution in [2.24, 2.45) is 0 Å². The summed E-state index contributed by atoms with van der Waals surface area (Å²) in [5, 5.41) is 2.27. The van der Waals surface area contributed by atoms with Crippen LogP contribution in [0.5, 0.6) is 0 Å². The van der Waals surface area contributed by atoms with E-state index in [0.717, 1.165) is 0 Å². The van der Waals surface area contributed by atoms with Crippen LogP contribution in [-0.2, 0) is 18.7 Å². The summed E-state index contributed by atoms with van der Waals surface area (Å²) in [7, 11) is -2.61. The lowest BCUT2D eigenvalue weighted by molar-refractivity contribution is -0.145. The Bertz CT molecular complexity index is 670. The normalized spacial score (nSPS) is 18.2. The topological polar surface area (TPSA) is 44.8 Å². The minimum Gasteiger partial charge on any atom is -0.432 e. The number of rotatable bonds is 5. The van der Waals surface area contributed by atoms with E-state index in [1.807, 2.05) is 36.4 Å². The van der Waals surface area contributed by atoms with Gasteiger partial charge in [0.05, 0.1) is 6.61 Å². The Kier molecular flexibility index (Phi) is 5.08. The smallest absolute Gasteiger partial charge is 0.334 e. The lowest BCUT2D eigenvalue weighted by Crippen LogP contribution is -2.67. The fourth-order valence-electron chi connectivity index (χ4n) is 3.41. The van der Waals surface area contributed by atoms with Gasteiger partial charge in [0.15, 0.2) is 0 Å². The largest absolute Gasteiger partial charge is 0.432 e. The second-order valence-electron chi connectivity index (χ2n) is 7.20. The number of hydrogen-bond donors (Lipinski definition) is 0. The molecule has 5 heteroatoms. The van der Waals surface area contributed by atoms with Gasteiger partial charge in [-0.25, -0.2) is 4.79 Å². The van der Waals surface area contributed by atoms with Crippen molar-refractivity contribution in [1.82, 2.24) is 0 Å². The first-order valence-corrected chi connectivity index (χ1v) is 10.4. The van der Waals surface area contributed by atoms with Crippen molar-refractivity contribution in [3.8, 4) is 0 Å². The number of carbonyl (C=O) groups excluding carboxylic acids is 1. The average molecular weight is 356 g/mol. The van der Waals surface area contributed by atoms with Gasteiger partial charge in [-0.3, -0.25) is 0 Å². The van der Waals surface area contributed by atoms with E-state index < -0.39 is 14.6 Å². The van der Waals surface area contributed by atoms with Crippen molar-refractivity contribution in [2.45, 2.75) is 32.1 Å². The molecule has 0 spiro atoms. The van der Waals surface area contributed by atoms with Gasteiger partial charge in [0.1, 0.15) is 6.61 Å². The number of esters is 1. The molecule has 3 rings (SSSR count). The summed E-state index contributed by atoms with van der Waals surface area (Å²) in [5.74, 6) is -0.337. The van der Waals surface area contributed by atoms with E-state index in [0.29, 0.717) is 0 Å². The highest BCUT2D eigenvalue weighted by atomic mass is 28.4. The Morgan fingerprint density at radius 2 is 1.52 bits per heavy atom. The van der Waals surface area contributed by atoms with E-state index in [4.69, 9.17) is 13.9 Å². The van der Waals surface area contributed by atoms with Crippen molar-refractivity contribution in [3.05, 3.63) is 60.7 Å². The third kappa shape index (κ3) is 3.54. The molecule has 0 amide bonds. The van der Waals surface area contributed by atoms with Gasteiger partial charge in [0.25, 0.3) is 8.32 Å². The zero-order chi connectivity index (χ0) is 17.9. The Balaban J connectivity index is 2.04. The van der Waals surface area contributed by atoms with E-state index in [1.165, 1.54) is 10.4 Å². The van der Waals surface area contributed by atoms with Crippen LogP contribution in [0.3, 0.4) is 0 Å². The summed E-state index contributed by atoms with van der Waals surface area (Å²) in [6.07, 6.45) is -0.630. The molecule has 4 nitrogen and oxygen atoms in total. The molecule has 25 heavy (non-hydrogen) atoms. The fraction of sp³-hybridized carbons (Fsp3) is 0.350. The van der Waals surface area contributed by atoms with E-state index in [1.54, 1.807) is 0 Å². The molecular weight excluding hydrogens is 332 g/mol. The molecule has 1 aliphatic heterocycles. The summed E-state index contributed by atoms with van der Waals surface area (Å²) >= 11 is 0. The predicted molar refractivity (Wildman–Crippen MR) is 99.4 cm³/mol. The van der Waals surface area contributed by atoms with Crippen LogP contribution >= 0.6 is 0 Å². The quantitative estimate of drug-likeness (QED) is 0.610. The van der Waals surface area contributed by atoms with Crippen molar-refractivity contribution >= 4 is 24.7 Å². The average Bonchev–Trinajstić information content (AvgIpc) is 3.02. The first-order valence-electron chi connectivity index (χ1n) is 8.49. The van der Waals surface area contributed by atoms with Crippen LogP contribution in [0.25, 0.3) is 0 Å². The van der Waals surface area contributed by atoms with Crippen LogP contribution < -0.4 is 10.4 Å². The summed E-state index contributed by atoms with van der Waals surface area (Å²) in [5.41, 5.74) is 0. The zero-order valence-corrected chi connectivity index (χ0v) is 15.9. The minimum atomic E-state index is -2.61. The SMILES string of the molecule is CC(C)(C)[Si](OCC1OCC(=O)O1)(c1ccccc1)c1ccccc1. The van der Waals surface area contributed by atoms with Crippen LogP contribution in [0.15, 0.2) is 60.7 Å². The van der Waals surface area contributed by atoms with E-state index in [-0.39, 0.29) is 24.2 Å². The maximum Gasteiger partial charge on any atom is 0.334 e. The number of hydrogen-bond acceptors (Lipinski definition) is 4. The van der Waals surface area contributed by atoms with Crippen LogP contribution in [0.4, 0.5) is 0 Å². The van der Waals surface area contributed by atoms with Gasteiger partial charge in [0.2, 0.25) is 6.29 Å². The first-order chi connectivity index (χ1) is 11.9. The number of cyclic esters (lactones) is 1. The Labute approximate surface area is 149 Å². The molecular formula is C20H24O4Si. The van der Waals surface area contributed by atoms with Gasteiger partial charge in [-0.15, -0.1) is 0 Å². The highest BCUT2D eigenvalue weighted by Crippen LogP contribution is 2.37. The highest BCUT2D eigenvalue weighted by Gasteiger charge is 2.50. The second kappa shape index (κ2) is 7.12. The van der Waals surface area contributed by atoms with Gasteiger partial charge in [-0.1, -0.05) is 81.4 Å². The van der Waals surface area contributed by atoms with Crippen molar-refractivity contribution < 1.29 is 18.7 Å². The number of ether oxygens (including phenoxy) is 2.